The monoisotopic (exact) mass is 376 g/mol. The fourth-order valence-corrected chi connectivity index (χ4v) is 3.47. The highest BCUT2D eigenvalue weighted by atomic mass is 19.1. The first-order valence-electron chi connectivity index (χ1n) is 9.76. The smallest absolute Gasteiger partial charge is 0.410 e. The zero-order valence-electron chi connectivity index (χ0n) is 16.4. The Morgan fingerprint density at radius 1 is 1.19 bits per heavy atom. The molecule has 3 rings (SSSR count). The second-order valence-electron chi connectivity index (χ2n) is 8.59. The van der Waals surface area contributed by atoms with Crippen molar-refractivity contribution < 1.29 is 18.7 Å². The molecular formula is C21H29FN2O3. The van der Waals surface area contributed by atoms with Crippen LogP contribution in [0.25, 0.3) is 0 Å². The van der Waals surface area contributed by atoms with Crippen molar-refractivity contribution in [2.45, 2.75) is 64.6 Å². The Balaban J connectivity index is 1.65. The number of carbonyl (C=O) groups is 2. The number of piperidine rings is 1. The summed E-state index contributed by atoms with van der Waals surface area (Å²) in [5.74, 6) is -0.384. The van der Waals surface area contributed by atoms with E-state index >= 15 is 0 Å². The molecule has 1 heterocycles. The van der Waals surface area contributed by atoms with Crippen LogP contribution in [-0.2, 0) is 16.1 Å². The lowest BCUT2D eigenvalue weighted by Gasteiger charge is -2.36. The maximum Gasteiger partial charge on any atom is 0.410 e. The highest BCUT2D eigenvalue weighted by molar-refractivity contribution is 5.80. The molecule has 0 radical (unpaired) electrons. The Labute approximate surface area is 160 Å². The maximum absolute atomic E-state index is 13.2. The van der Waals surface area contributed by atoms with Crippen molar-refractivity contribution in [3.8, 4) is 0 Å². The van der Waals surface area contributed by atoms with Crippen molar-refractivity contribution in [1.29, 1.82) is 0 Å². The third kappa shape index (κ3) is 5.44. The van der Waals surface area contributed by atoms with Gasteiger partial charge in [0.25, 0.3) is 0 Å². The first-order chi connectivity index (χ1) is 12.7. The fraction of sp³-hybridized carbons (Fsp3) is 0.619. The normalized spacial score (nSPS) is 20.3. The average molecular weight is 376 g/mol. The molecule has 2 aliphatic rings. The molecule has 0 aromatic heterocycles. The second-order valence-corrected chi connectivity index (χ2v) is 8.59. The third-order valence-corrected chi connectivity index (χ3v) is 4.96. The van der Waals surface area contributed by atoms with E-state index in [1.54, 1.807) is 17.0 Å². The minimum Gasteiger partial charge on any atom is -0.444 e. The van der Waals surface area contributed by atoms with Gasteiger partial charge in [-0.15, -0.1) is 0 Å². The Morgan fingerprint density at radius 3 is 2.44 bits per heavy atom. The van der Waals surface area contributed by atoms with Gasteiger partial charge < -0.3 is 14.5 Å². The summed E-state index contributed by atoms with van der Waals surface area (Å²) in [4.78, 5) is 29.1. The van der Waals surface area contributed by atoms with Crippen molar-refractivity contribution in [2.24, 2.45) is 5.92 Å². The van der Waals surface area contributed by atoms with Crippen molar-refractivity contribution in [1.82, 2.24) is 9.80 Å². The van der Waals surface area contributed by atoms with Gasteiger partial charge in [-0.3, -0.25) is 4.79 Å². The average Bonchev–Trinajstić information content (AvgIpc) is 3.44. The number of rotatable bonds is 4. The Kier molecular flexibility index (Phi) is 5.72. The van der Waals surface area contributed by atoms with Crippen LogP contribution >= 0.6 is 0 Å². The van der Waals surface area contributed by atoms with Crippen LogP contribution in [0.4, 0.5) is 9.18 Å². The largest absolute Gasteiger partial charge is 0.444 e. The molecule has 2 amide bonds. The summed E-state index contributed by atoms with van der Waals surface area (Å²) in [5.41, 5.74) is 0.382. The van der Waals surface area contributed by atoms with Crippen molar-refractivity contribution in [3.05, 3.63) is 35.6 Å². The molecular weight excluding hydrogens is 347 g/mol. The summed E-state index contributed by atoms with van der Waals surface area (Å²) >= 11 is 0. The third-order valence-electron chi connectivity index (χ3n) is 4.96. The van der Waals surface area contributed by atoms with Gasteiger partial charge >= 0.3 is 6.09 Å². The van der Waals surface area contributed by atoms with E-state index in [0.717, 1.165) is 31.2 Å². The highest BCUT2D eigenvalue weighted by Crippen LogP contribution is 2.31. The number of benzene rings is 1. The van der Waals surface area contributed by atoms with E-state index in [4.69, 9.17) is 4.74 Å². The molecule has 5 nitrogen and oxygen atoms in total. The molecule has 0 spiro atoms. The molecule has 1 saturated carbocycles. The topological polar surface area (TPSA) is 49.9 Å². The summed E-state index contributed by atoms with van der Waals surface area (Å²) < 4.78 is 18.6. The molecule has 1 saturated heterocycles. The van der Waals surface area contributed by atoms with Crippen LogP contribution in [0.1, 0.15) is 52.0 Å². The lowest BCUT2D eigenvalue weighted by molar-refractivity contribution is -0.138. The van der Waals surface area contributed by atoms with E-state index in [9.17, 15) is 14.0 Å². The van der Waals surface area contributed by atoms with Crippen molar-refractivity contribution in [2.75, 3.05) is 13.1 Å². The van der Waals surface area contributed by atoms with E-state index in [-0.39, 0.29) is 29.8 Å². The van der Waals surface area contributed by atoms with E-state index < -0.39 is 5.60 Å². The van der Waals surface area contributed by atoms with Gasteiger partial charge in [-0.25, -0.2) is 9.18 Å². The lowest BCUT2D eigenvalue weighted by atomic mass is 9.96. The van der Waals surface area contributed by atoms with Gasteiger partial charge in [0.05, 0.1) is 5.92 Å². The number of halogens is 1. The summed E-state index contributed by atoms with van der Waals surface area (Å²) in [7, 11) is 0. The molecule has 1 aromatic carbocycles. The molecule has 1 aliphatic carbocycles. The zero-order chi connectivity index (χ0) is 19.6. The summed E-state index contributed by atoms with van der Waals surface area (Å²) in [6.07, 6.45) is 3.25. The summed E-state index contributed by atoms with van der Waals surface area (Å²) in [6.45, 7) is 7.05. The van der Waals surface area contributed by atoms with E-state index in [1.165, 1.54) is 12.1 Å². The standard InChI is InChI=1S/C21H29FN2O3/c1-21(2,3)27-20(26)23-12-4-5-16(14-23)19(25)24(18-10-11-18)13-15-6-8-17(22)9-7-15/h6-9,16,18H,4-5,10-14H2,1-3H3/t16-/m1/s1. The number of nitrogens with zero attached hydrogens (tertiary/aromatic N) is 2. The van der Waals surface area contributed by atoms with Crippen LogP contribution in [0.2, 0.25) is 0 Å². The minimum atomic E-state index is -0.545. The lowest BCUT2D eigenvalue weighted by Crippen LogP contribution is -2.48. The van der Waals surface area contributed by atoms with Gasteiger partial charge in [0.2, 0.25) is 5.91 Å². The molecule has 27 heavy (non-hydrogen) atoms. The van der Waals surface area contributed by atoms with Gasteiger partial charge in [0.1, 0.15) is 11.4 Å². The molecule has 0 unspecified atom stereocenters. The van der Waals surface area contributed by atoms with Gasteiger partial charge in [-0.1, -0.05) is 12.1 Å². The molecule has 0 bridgehead atoms. The quantitative estimate of drug-likeness (QED) is 0.799. The zero-order valence-corrected chi connectivity index (χ0v) is 16.4. The molecule has 1 aromatic rings. The van der Waals surface area contributed by atoms with Gasteiger partial charge in [0, 0.05) is 25.7 Å². The van der Waals surface area contributed by atoms with Crippen molar-refractivity contribution in [3.63, 3.8) is 0 Å². The van der Waals surface area contributed by atoms with Crippen LogP contribution in [-0.4, -0.2) is 46.5 Å². The number of carbonyl (C=O) groups excluding carboxylic acids is 2. The predicted octanol–water partition coefficient (Wildman–Crippen LogP) is 3.96. The SMILES string of the molecule is CC(C)(C)OC(=O)N1CCC[C@@H](C(=O)N(Cc2ccc(F)cc2)C2CC2)C1. The predicted molar refractivity (Wildman–Crippen MR) is 101 cm³/mol. The molecule has 1 aliphatic heterocycles. The minimum absolute atomic E-state index is 0.0927. The van der Waals surface area contributed by atoms with E-state index in [2.05, 4.69) is 0 Å². The fourth-order valence-electron chi connectivity index (χ4n) is 3.47. The van der Waals surface area contributed by atoms with E-state index in [1.807, 2.05) is 25.7 Å². The van der Waals surface area contributed by atoms with Crippen molar-refractivity contribution >= 4 is 12.0 Å². The van der Waals surface area contributed by atoms with E-state index in [0.29, 0.717) is 19.6 Å². The van der Waals surface area contributed by atoms with Gasteiger partial charge in [-0.05, 0) is 64.2 Å². The summed E-state index contributed by atoms with van der Waals surface area (Å²) in [5, 5.41) is 0. The maximum atomic E-state index is 13.2. The second kappa shape index (κ2) is 7.87. The number of ether oxygens (including phenoxy) is 1. The first-order valence-corrected chi connectivity index (χ1v) is 9.76. The Hall–Kier alpha value is -2.11. The Bertz CT molecular complexity index is 680. The molecule has 2 fully saturated rings. The van der Waals surface area contributed by atoms with Crippen LogP contribution in [0.5, 0.6) is 0 Å². The first kappa shape index (κ1) is 19.6. The van der Waals surface area contributed by atoms with Crippen LogP contribution in [0.3, 0.4) is 0 Å². The number of likely N-dealkylation sites (tertiary alicyclic amines) is 1. The van der Waals surface area contributed by atoms with Gasteiger partial charge in [-0.2, -0.15) is 0 Å². The van der Waals surface area contributed by atoms with Gasteiger partial charge in [0.15, 0.2) is 0 Å². The molecule has 6 heteroatoms. The highest BCUT2D eigenvalue weighted by Gasteiger charge is 2.38. The van der Waals surface area contributed by atoms with Crippen LogP contribution in [0.15, 0.2) is 24.3 Å². The number of hydrogen-bond acceptors (Lipinski definition) is 3. The molecule has 1 atom stereocenters. The van der Waals surface area contributed by atoms with Crippen LogP contribution < -0.4 is 0 Å². The number of hydrogen-bond donors (Lipinski definition) is 0. The number of amides is 2. The Morgan fingerprint density at radius 2 is 1.85 bits per heavy atom. The summed E-state index contributed by atoms with van der Waals surface area (Å²) in [6, 6.07) is 6.57. The molecule has 148 valence electrons. The molecule has 0 N–H and O–H groups in total. The van der Waals surface area contributed by atoms with Crippen LogP contribution in [0, 0.1) is 11.7 Å².